The molecule has 3 aromatic carbocycles. The second-order valence-electron chi connectivity index (χ2n) is 9.12. The van der Waals surface area contributed by atoms with E-state index in [1.54, 1.807) is 23.1 Å². The maximum Gasteiger partial charge on any atom is 0.416 e. The van der Waals surface area contributed by atoms with Gasteiger partial charge in [0.25, 0.3) is 0 Å². The van der Waals surface area contributed by atoms with Crippen molar-refractivity contribution in [3.63, 3.8) is 0 Å². The number of aliphatic carboxylic acids is 1. The quantitative estimate of drug-likeness (QED) is 0.364. The Balaban J connectivity index is 1.76. The summed E-state index contributed by atoms with van der Waals surface area (Å²) in [7, 11) is 1.44. The molecule has 1 aliphatic heterocycles. The summed E-state index contributed by atoms with van der Waals surface area (Å²) < 4.78 is 53.2. The Bertz CT molecular complexity index is 1400. The molecule has 0 saturated carbocycles. The fraction of sp³-hybridized carbons (Fsp3) is 0.267. The van der Waals surface area contributed by atoms with Crippen LogP contribution in [0.1, 0.15) is 33.4 Å². The predicted molar refractivity (Wildman–Crippen MR) is 140 cm³/mol. The van der Waals surface area contributed by atoms with Crippen LogP contribution in [0.2, 0.25) is 0 Å². The van der Waals surface area contributed by atoms with Gasteiger partial charge in [0.15, 0.2) is 0 Å². The van der Waals surface area contributed by atoms with Gasteiger partial charge >= 0.3 is 12.1 Å². The van der Waals surface area contributed by atoms with E-state index in [0.717, 1.165) is 11.6 Å². The molecule has 1 heterocycles. The van der Waals surface area contributed by atoms with Gasteiger partial charge in [-0.25, -0.2) is 0 Å². The Kier molecular flexibility index (Phi) is 8.82. The molecule has 1 atom stereocenters. The molecule has 0 aromatic heterocycles. The third-order valence-corrected chi connectivity index (χ3v) is 6.61. The average Bonchev–Trinajstić information content (AvgIpc) is 2.92. The van der Waals surface area contributed by atoms with Crippen LogP contribution in [0.25, 0.3) is 23.3 Å². The van der Waals surface area contributed by atoms with Gasteiger partial charge in [-0.3, -0.25) is 9.69 Å². The van der Waals surface area contributed by atoms with Crippen molar-refractivity contribution in [2.24, 2.45) is 0 Å². The molecule has 0 radical (unpaired) electrons. The number of carbonyl (C=O) groups is 1. The molecular formula is C30H27F3N2O4. The predicted octanol–water partition coefficient (Wildman–Crippen LogP) is 5.85. The molecule has 0 spiro atoms. The first-order valence-electron chi connectivity index (χ1n) is 12.3. The topological polar surface area (TPSA) is 82.8 Å². The number of alkyl halides is 3. The standard InChI is InChI=1S/C30H27F3N2O4/c1-38-18-24-14-22(11-10-21-8-5-9-25(26(21)16-34)20-6-3-2-4-7-20)27(30(31,32)33)15-23(24)17-35-12-13-39-19-28(35)29(36)37/h2-11,14-15,28H,12-13,17-19H2,1H3,(H,36,37). The maximum absolute atomic E-state index is 14.2. The second kappa shape index (κ2) is 12.3. The number of nitrogens with zero attached hydrogens (tertiary/aromatic N) is 2. The smallest absolute Gasteiger partial charge is 0.416 e. The summed E-state index contributed by atoms with van der Waals surface area (Å²) in [5.41, 5.74) is 2.27. The number of morpholine rings is 1. The molecule has 3 aromatic rings. The fourth-order valence-electron chi connectivity index (χ4n) is 4.67. The summed E-state index contributed by atoms with van der Waals surface area (Å²) >= 11 is 0. The van der Waals surface area contributed by atoms with E-state index in [9.17, 15) is 28.3 Å². The molecule has 1 unspecified atom stereocenters. The third-order valence-electron chi connectivity index (χ3n) is 6.61. The summed E-state index contributed by atoms with van der Waals surface area (Å²) in [5.74, 6) is -1.09. The van der Waals surface area contributed by atoms with Crippen molar-refractivity contribution in [3.05, 3.63) is 94.0 Å². The van der Waals surface area contributed by atoms with E-state index in [1.807, 2.05) is 30.3 Å². The second-order valence-corrected chi connectivity index (χ2v) is 9.12. The maximum atomic E-state index is 14.2. The number of carboxylic acids is 1. The van der Waals surface area contributed by atoms with Gasteiger partial charge in [-0.15, -0.1) is 0 Å². The van der Waals surface area contributed by atoms with Gasteiger partial charge < -0.3 is 14.6 Å². The van der Waals surface area contributed by atoms with Crippen molar-refractivity contribution >= 4 is 18.1 Å². The van der Waals surface area contributed by atoms with Gasteiger partial charge in [-0.05, 0) is 39.9 Å². The van der Waals surface area contributed by atoms with Crippen LogP contribution in [0.15, 0.2) is 60.7 Å². The number of benzene rings is 3. The Morgan fingerprint density at radius 2 is 1.87 bits per heavy atom. The minimum atomic E-state index is -4.67. The zero-order valence-corrected chi connectivity index (χ0v) is 21.2. The Morgan fingerprint density at radius 3 is 2.54 bits per heavy atom. The monoisotopic (exact) mass is 536 g/mol. The summed E-state index contributed by atoms with van der Waals surface area (Å²) in [5, 5.41) is 19.4. The molecule has 0 amide bonds. The highest BCUT2D eigenvalue weighted by Gasteiger charge is 2.35. The normalized spacial score (nSPS) is 16.3. The van der Waals surface area contributed by atoms with Crippen LogP contribution in [0.5, 0.6) is 0 Å². The van der Waals surface area contributed by atoms with E-state index >= 15 is 0 Å². The molecule has 0 aliphatic carbocycles. The van der Waals surface area contributed by atoms with E-state index in [2.05, 4.69) is 6.07 Å². The molecule has 4 rings (SSSR count). The number of methoxy groups -OCH3 is 1. The van der Waals surface area contributed by atoms with Crippen LogP contribution in [0.4, 0.5) is 13.2 Å². The molecule has 202 valence electrons. The summed E-state index contributed by atoms with van der Waals surface area (Å²) in [6.07, 6.45) is -1.80. The lowest BCUT2D eigenvalue weighted by molar-refractivity contribution is -0.150. The molecular weight excluding hydrogens is 509 g/mol. The number of carboxylic acid groups (broad SMARTS) is 1. The first kappa shape index (κ1) is 28.0. The lowest BCUT2D eigenvalue weighted by atomic mass is 9.94. The van der Waals surface area contributed by atoms with Crippen molar-refractivity contribution in [1.82, 2.24) is 4.90 Å². The van der Waals surface area contributed by atoms with Crippen LogP contribution in [-0.2, 0) is 33.6 Å². The van der Waals surface area contributed by atoms with Crippen LogP contribution < -0.4 is 0 Å². The number of rotatable bonds is 8. The molecule has 6 nitrogen and oxygen atoms in total. The Labute approximate surface area is 224 Å². The van der Waals surface area contributed by atoms with E-state index < -0.39 is 23.8 Å². The number of hydrogen-bond donors (Lipinski definition) is 1. The molecule has 39 heavy (non-hydrogen) atoms. The first-order chi connectivity index (χ1) is 18.7. The Hall–Kier alpha value is -3.97. The van der Waals surface area contributed by atoms with Crippen molar-refractivity contribution in [3.8, 4) is 17.2 Å². The van der Waals surface area contributed by atoms with Crippen molar-refractivity contribution in [2.75, 3.05) is 26.9 Å². The van der Waals surface area contributed by atoms with Crippen LogP contribution >= 0.6 is 0 Å². The van der Waals surface area contributed by atoms with Crippen molar-refractivity contribution in [1.29, 1.82) is 5.26 Å². The van der Waals surface area contributed by atoms with Gasteiger partial charge in [0.2, 0.25) is 0 Å². The van der Waals surface area contributed by atoms with Crippen LogP contribution in [0, 0.1) is 11.3 Å². The number of ether oxygens (including phenoxy) is 2. The van der Waals surface area contributed by atoms with Gasteiger partial charge in [0.05, 0.1) is 30.9 Å². The summed E-state index contributed by atoms with van der Waals surface area (Å²) in [4.78, 5) is 13.3. The SMILES string of the molecule is COCc1cc(C=Cc2cccc(-c3ccccc3)c2C#N)c(C(F)(F)F)cc1CN1CCOCC1C(=O)O. The zero-order chi connectivity index (χ0) is 28.0. The number of halogens is 3. The van der Waals surface area contributed by atoms with Gasteiger partial charge in [0, 0.05) is 25.8 Å². The lowest BCUT2D eigenvalue weighted by Crippen LogP contribution is -2.49. The summed E-state index contributed by atoms with van der Waals surface area (Å²) in [6, 6.07) is 18.2. The molecule has 1 N–H and O–H groups in total. The van der Waals surface area contributed by atoms with E-state index in [1.165, 1.54) is 25.3 Å². The minimum Gasteiger partial charge on any atom is -0.480 e. The third kappa shape index (κ3) is 6.55. The van der Waals surface area contributed by atoms with Crippen LogP contribution in [-0.4, -0.2) is 48.9 Å². The molecule has 0 bridgehead atoms. The largest absolute Gasteiger partial charge is 0.480 e. The lowest BCUT2D eigenvalue weighted by Gasteiger charge is -2.33. The van der Waals surface area contributed by atoms with Gasteiger partial charge in [-0.2, -0.15) is 18.4 Å². The minimum absolute atomic E-state index is 0.00377. The Morgan fingerprint density at radius 1 is 1.13 bits per heavy atom. The average molecular weight is 537 g/mol. The highest BCUT2D eigenvalue weighted by atomic mass is 19.4. The zero-order valence-electron chi connectivity index (χ0n) is 21.2. The van der Waals surface area contributed by atoms with Crippen molar-refractivity contribution < 1.29 is 32.5 Å². The van der Waals surface area contributed by atoms with E-state index in [0.29, 0.717) is 34.4 Å². The van der Waals surface area contributed by atoms with E-state index in [-0.39, 0.29) is 31.9 Å². The van der Waals surface area contributed by atoms with E-state index in [4.69, 9.17) is 9.47 Å². The highest BCUT2D eigenvalue weighted by Crippen LogP contribution is 2.36. The van der Waals surface area contributed by atoms with Crippen LogP contribution in [0.3, 0.4) is 0 Å². The molecule has 1 saturated heterocycles. The van der Waals surface area contributed by atoms with Gasteiger partial charge in [-0.1, -0.05) is 60.7 Å². The van der Waals surface area contributed by atoms with Crippen molar-refractivity contribution in [2.45, 2.75) is 25.4 Å². The molecule has 1 fully saturated rings. The molecule has 9 heteroatoms. The number of nitriles is 1. The highest BCUT2D eigenvalue weighted by molar-refractivity contribution is 5.81. The summed E-state index contributed by atoms with van der Waals surface area (Å²) in [6.45, 7) is 0.582. The molecule has 1 aliphatic rings. The fourth-order valence-corrected chi connectivity index (χ4v) is 4.67. The number of hydrogen-bond acceptors (Lipinski definition) is 5. The first-order valence-corrected chi connectivity index (χ1v) is 12.3. The van der Waals surface area contributed by atoms with Gasteiger partial charge in [0.1, 0.15) is 12.1 Å².